The molecule has 0 N–H and O–H groups in total. The van der Waals surface area contributed by atoms with Gasteiger partial charge in [-0.3, -0.25) is 9.69 Å². The number of likely N-dealkylation sites (tertiary alicyclic amines) is 1. The molecule has 24 heavy (non-hydrogen) atoms. The van der Waals surface area contributed by atoms with Gasteiger partial charge in [0.15, 0.2) is 0 Å². The first kappa shape index (κ1) is 15.8. The molecule has 126 valence electrons. The number of ether oxygens (including phenoxy) is 1. The van der Waals surface area contributed by atoms with E-state index in [1.54, 1.807) is 11.3 Å². The summed E-state index contributed by atoms with van der Waals surface area (Å²) in [6.45, 7) is 6.05. The lowest BCUT2D eigenvalue weighted by Gasteiger charge is -2.36. The van der Waals surface area contributed by atoms with E-state index in [0.717, 1.165) is 37.4 Å². The topological polar surface area (TPSA) is 32.8 Å². The highest BCUT2D eigenvalue weighted by Crippen LogP contribution is 2.27. The molecule has 2 aliphatic rings. The molecule has 1 aromatic heterocycles. The van der Waals surface area contributed by atoms with E-state index in [1.807, 2.05) is 28.7 Å². The summed E-state index contributed by atoms with van der Waals surface area (Å²) in [5.41, 5.74) is 3.23. The van der Waals surface area contributed by atoms with Crippen molar-refractivity contribution in [3.8, 4) is 0 Å². The highest BCUT2D eigenvalue weighted by Gasteiger charge is 2.42. The maximum atomic E-state index is 12.8. The zero-order valence-electron chi connectivity index (χ0n) is 13.9. The summed E-state index contributed by atoms with van der Waals surface area (Å²) in [6.07, 6.45) is 0.130. The molecule has 5 heteroatoms. The number of rotatable bonds is 3. The number of hydrogen-bond donors (Lipinski definition) is 0. The summed E-state index contributed by atoms with van der Waals surface area (Å²) in [5, 5.41) is 4.00. The molecule has 1 aromatic carbocycles. The highest BCUT2D eigenvalue weighted by molar-refractivity contribution is 7.08. The highest BCUT2D eigenvalue weighted by atomic mass is 32.1. The van der Waals surface area contributed by atoms with Gasteiger partial charge < -0.3 is 9.64 Å². The van der Waals surface area contributed by atoms with Crippen molar-refractivity contribution in [1.82, 2.24) is 9.80 Å². The molecule has 0 radical (unpaired) electrons. The van der Waals surface area contributed by atoms with E-state index in [2.05, 4.69) is 29.2 Å². The molecule has 2 fully saturated rings. The number of thiophene rings is 1. The quantitative estimate of drug-likeness (QED) is 0.860. The standard InChI is InChI=1S/C19H22N2O2S/c1-14-12-24-13-16(14)19(22)21-10-17-18(11-21)23-8-7-20(17)9-15-5-3-2-4-6-15/h2-6,12-13,17-18H,7-11H2,1H3. The zero-order chi connectivity index (χ0) is 16.5. The number of carbonyl (C=O) groups excluding carboxylic acids is 1. The molecule has 4 nitrogen and oxygen atoms in total. The number of hydrogen-bond acceptors (Lipinski definition) is 4. The molecule has 0 aliphatic carbocycles. The maximum absolute atomic E-state index is 12.8. The third-order valence-corrected chi connectivity index (χ3v) is 5.88. The Kier molecular flexibility index (Phi) is 4.39. The van der Waals surface area contributed by atoms with Crippen LogP contribution in [0.15, 0.2) is 41.1 Å². The molecule has 0 spiro atoms. The zero-order valence-corrected chi connectivity index (χ0v) is 14.7. The van der Waals surface area contributed by atoms with E-state index in [0.29, 0.717) is 12.6 Å². The molecule has 0 saturated carbocycles. The molecular weight excluding hydrogens is 320 g/mol. The van der Waals surface area contributed by atoms with Crippen LogP contribution < -0.4 is 0 Å². The van der Waals surface area contributed by atoms with Crippen molar-refractivity contribution in [1.29, 1.82) is 0 Å². The number of nitrogens with zero attached hydrogens (tertiary/aromatic N) is 2. The number of aryl methyl sites for hydroxylation is 1. The fourth-order valence-electron chi connectivity index (χ4n) is 3.69. The fraction of sp³-hybridized carbons (Fsp3) is 0.421. The second-order valence-corrected chi connectivity index (χ2v) is 7.35. The Morgan fingerprint density at radius 2 is 2.08 bits per heavy atom. The van der Waals surface area contributed by atoms with Gasteiger partial charge in [-0.15, -0.1) is 0 Å². The van der Waals surface area contributed by atoms with Gasteiger partial charge in [0.05, 0.1) is 24.3 Å². The average molecular weight is 342 g/mol. The van der Waals surface area contributed by atoms with Crippen molar-refractivity contribution in [3.63, 3.8) is 0 Å². The van der Waals surface area contributed by atoms with Gasteiger partial charge in [-0.05, 0) is 23.4 Å². The molecule has 2 atom stereocenters. The summed E-state index contributed by atoms with van der Waals surface area (Å²) in [4.78, 5) is 17.2. The van der Waals surface area contributed by atoms with Crippen molar-refractivity contribution in [2.24, 2.45) is 0 Å². The largest absolute Gasteiger partial charge is 0.373 e. The van der Waals surface area contributed by atoms with E-state index < -0.39 is 0 Å². The van der Waals surface area contributed by atoms with Crippen molar-refractivity contribution in [2.75, 3.05) is 26.2 Å². The number of carbonyl (C=O) groups is 1. The lowest BCUT2D eigenvalue weighted by atomic mass is 10.1. The number of benzene rings is 1. The van der Waals surface area contributed by atoms with E-state index in [1.165, 1.54) is 5.56 Å². The summed E-state index contributed by atoms with van der Waals surface area (Å²) in [6, 6.07) is 10.8. The van der Waals surface area contributed by atoms with Gasteiger partial charge in [0.1, 0.15) is 0 Å². The normalized spacial score (nSPS) is 24.1. The first-order chi connectivity index (χ1) is 11.7. The lowest BCUT2D eigenvalue weighted by molar-refractivity contribution is -0.0503. The van der Waals surface area contributed by atoms with Crippen molar-refractivity contribution >= 4 is 17.2 Å². The van der Waals surface area contributed by atoms with E-state index in [4.69, 9.17) is 4.74 Å². The van der Waals surface area contributed by atoms with Crippen LogP contribution in [-0.4, -0.2) is 54.1 Å². The van der Waals surface area contributed by atoms with Crippen LogP contribution in [0.5, 0.6) is 0 Å². The molecular formula is C19H22N2O2S. The summed E-state index contributed by atoms with van der Waals surface area (Å²) in [7, 11) is 0. The fourth-order valence-corrected chi connectivity index (χ4v) is 4.51. The average Bonchev–Trinajstić information content (AvgIpc) is 3.22. The van der Waals surface area contributed by atoms with Gasteiger partial charge in [-0.25, -0.2) is 0 Å². The lowest BCUT2D eigenvalue weighted by Crippen LogP contribution is -2.50. The Morgan fingerprint density at radius 1 is 1.25 bits per heavy atom. The van der Waals surface area contributed by atoms with E-state index >= 15 is 0 Å². The van der Waals surface area contributed by atoms with Crippen LogP contribution in [0, 0.1) is 6.92 Å². The SMILES string of the molecule is Cc1cscc1C(=O)N1CC2OCCN(Cc3ccccc3)C2C1. The smallest absolute Gasteiger partial charge is 0.255 e. The first-order valence-electron chi connectivity index (χ1n) is 8.44. The predicted octanol–water partition coefficient (Wildman–Crippen LogP) is 2.78. The third-order valence-electron chi connectivity index (χ3n) is 5.02. The summed E-state index contributed by atoms with van der Waals surface area (Å²) >= 11 is 1.59. The van der Waals surface area contributed by atoms with Crippen LogP contribution in [0.2, 0.25) is 0 Å². The van der Waals surface area contributed by atoms with Crippen molar-refractivity contribution in [2.45, 2.75) is 25.6 Å². The molecule has 4 rings (SSSR count). The summed E-state index contributed by atoms with van der Waals surface area (Å²) in [5.74, 6) is 0.145. The van der Waals surface area contributed by atoms with Gasteiger partial charge in [0.2, 0.25) is 0 Å². The van der Waals surface area contributed by atoms with Crippen LogP contribution in [-0.2, 0) is 11.3 Å². The minimum absolute atomic E-state index is 0.130. The van der Waals surface area contributed by atoms with Crippen LogP contribution in [0.25, 0.3) is 0 Å². The monoisotopic (exact) mass is 342 g/mol. The van der Waals surface area contributed by atoms with E-state index in [-0.39, 0.29) is 12.0 Å². The molecule has 2 aromatic rings. The van der Waals surface area contributed by atoms with Gasteiger partial charge in [0, 0.05) is 31.6 Å². The molecule has 2 unspecified atom stereocenters. The van der Waals surface area contributed by atoms with Gasteiger partial charge in [0.25, 0.3) is 5.91 Å². The first-order valence-corrected chi connectivity index (χ1v) is 9.38. The summed E-state index contributed by atoms with van der Waals surface area (Å²) < 4.78 is 5.96. The van der Waals surface area contributed by atoms with Crippen LogP contribution in [0.1, 0.15) is 21.5 Å². The third kappa shape index (κ3) is 2.99. The predicted molar refractivity (Wildman–Crippen MR) is 95.3 cm³/mol. The minimum Gasteiger partial charge on any atom is -0.373 e. The molecule has 2 saturated heterocycles. The number of amides is 1. The molecule has 2 aliphatic heterocycles. The Morgan fingerprint density at radius 3 is 2.83 bits per heavy atom. The number of morpholine rings is 1. The Labute approximate surface area is 146 Å². The second-order valence-electron chi connectivity index (χ2n) is 6.61. The Bertz CT molecular complexity index is 715. The van der Waals surface area contributed by atoms with Crippen LogP contribution >= 0.6 is 11.3 Å². The number of fused-ring (bicyclic) bond motifs is 1. The van der Waals surface area contributed by atoms with Crippen LogP contribution in [0.3, 0.4) is 0 Å². The van der Waals surface area contributed by atoms with Gasteiger partial charge >= 0.3 is 0 Å². The minimum atomic E-state index is 0.130. The Balaban J connectivity index is 1.48. The van der Waals surface area contributed by atoms with E-state index in [9.17, 15) is 4.79 Å². The van der Waals surface area contributed by atoms with Crippen molar-refractivity contribution < 1.29 is 9.53 Å². The molecule has 3 heterocycles. The Hall–Kier alpha value is -1.69. The van der Waals surface area contributed by atoms with Gasteiger partial charge in [-0.1, -0.05) is 30.3 Å². The van der Waals surface area contributed by atoms with Crippen molar-refractivity contribution in [3.05, 3.63) is 57.8 Å². The second kappa shape index (κ2) is 6.67. The van der Waals surface area contributed by atoms with Crippen LogP contribution in [0.4, 0.5) is 0 Å². The maximum Gasteiger partial charge on any atom is 0.255 e. The molecule has 1 amide bonds. The molecule has 0 bridgehead atoms. The van der Waals surface area contributed by atoms with Gasteiger partial charge in [-0.2, -0.15) is 11.3 Å².